The lowest BCUT2D eigenvalue weighted by molar-refractivity contribution is 0.102. The van der Waals surface area contributed by atoms with Crippen molar-refractivity contribution < 1.29 is 13.2 Å². The fourth-order valence-electron chi connectivity index (χ4n) is 3.40. The van der Waals surface area contributed by atoms with E-state index in [4.69, 9.17) is 0 Å². The molecule has 0 aliphatic carbocycles. The molecule has 152 valence electrons. The maximum Gasteiger partial charge on any atom is 0.256 e. The molecule has 0 bridgehead atoms. The van der Waals surface area contributed by atoms with Gasteiger partial charge in [0.1, 0.15) is 5.82 Å². The van der Waals surface area contributed by atoms with Crippen LogP contribution in [0.15, 0.2) is 35.2 Å². The summed E-state index contributed by atoms with van der Waals surface area (Å²) in [7, 11) is -3.51. The molecular weight excluding hydrogens is 376 g/mol. The van der Waals surface area contributed by atoms with E-state index in [1.165, 1.54) is 12.1 Å². The second kappa shape index (κ2) is 8.45. The van der Waals surface area contributed by atoms with E-state index < -0.39 is 10.0 Å². The van der Waals surface area contributed by atoms with Crippen molar-refractivity contribution in [2.75, 3.05) is 18.4 Å². The maximum atomic E-state index is 12.8. The predicted molar refractivity (Wildman–Crippen MR) is 109 cm³/mol. The Morgan fingerprint density at radius 3 is 2.25 bits per heavy atom. The molecule has 1 N–H and O–H groups in total. The molecule has 0 saturated carbocycles. The summed E-state index contributed by atoms with van der Waals surface area (Å²) in [6.07, 6.45) is 3.92. The van der Waals surface area contributed by atoms with Gasteiger partial charge < -0.3 is 5.32 Å². The second-order valence-corrected chi connectivity index (χ2v) is 9.44. The fraction of sp³-hybridized carbons (Fsp3) is 0.500. The van der Waals surface area contributed by atoms with E-state index >= 15 is 0 Å². The van der Waals surface area contributed by atoms with Gasteiger partial charge in [-0.05, 0) is 57.9 Å². The van der Waals surface area contributed by atoms with Crippen LogP contribution in [0.3, 0.4) is 0 Å². The lowest BCUT2D eigenvalue weighted by Crippen LogP contribution is -2.31. The molecule has 2 heterocycles. The lowest BCUT2D eigenvalue weighted by Gasteiger charge is -2.20. The van der Waals surface area contributed by atoms with E-state index in [0.29, 0.717) is 24.5 Å². The predicted octanol–water partition coefficient (Wildman–Crippen LogP) is 3.59. The zero-order valence-corrected chi connectivity index (χ0v) is 17.5. The van der Waals surface area contributed by atoms with Gasteiger partial charge in [-0.2, -0.15) is 9.40 Å². The number of carbonyl (C=O) groups excluding carboxylic acids is 1. The minimum atomic E-state index is -3.51. The van der Waals surface area contributed by atoms with Gasteiger partial charge in [0.2, 0.25) is 10.0 Å². The first-order valence-corrected chi connectivity index (χ1v) is 11.2. The zero-order valence-electron chi connectivity index (χ0n) is 16.7. The Labute approximate surface area is 166 Å². The van der Waals surface area contributed by atoms with Crippen molar-refractivity contribution in [3.63, 3.8) is 0 Å². The number of hydrogen-bond acceptors (Lipinski definition) is 4. The normalized spacial score (nSPS) is 16.1. The number of amides is 1. The summed E-state index contributed by atoms with van der Waals surface area (Å²) in [4.78, 5) is 12.8. The van der Waals surface area contributed by atoms with E-state index in [1.54, 1.807) is 21.1 Å². The summed E-state index contributed by atoms with van der Waals surface area (Å²) >= 11 is 0. The topological polar surface area (TPSA) is 84.3 Å². The average molecular weight is 405 g/mol. The highest BCUT2D eigenvalue weighted by Gasteiger charge is 2.25. The highest BCUT2D eigenvalue weighted by atomic mass is 32.2. The molecule has 3 rings (SSSR count). The molecule has 1 amide bonds. The summed E-state index contributed by atoms with van der Waals surface area (Å²) in [6.45, 7) is 6.97. The number of anilines is 1. The summed E-state index contributed by atoms with van der Waals surface area (Å²) in [6, 6.07) is 8.08. The van der Waals surface area contributed by atoms with Crippen molar-refractivity contribution >= 4 is 21.7 Å². The highest BCUT2D eigenvalue weighted by Crippen LogP contribution is 2.21. The number of nitrogens with zero attached hydrogens (tertiary/aromatic N) is 3. The van der Waals surface area contributed by atoms with Crippen molar-refractivity contribution in [1.29, 1.82) is 0 Å². The smallest absolute Gasteiger partial charge is 0.256 e. The van der Waals surface area contributed by atoms with Crippen molar-refractivity contribution in [3.05, 3.63) is 41.6 Å². The van der Waals surface area contributed by atoms with Gasteiger partial charge in [0.15, 0.2) is 0 Å². The maximum absolute atomic E-state index is 12.8. The molecule has 1 fully saturated rings. The largest absolute Gasteiger partial charge is 0.307 e. The van der Waals surface area contributed by atoms with Crippen LogP contribution >= 0.6 is 0 Å². The molecule has 0 radical (unpaired) electrons. The minimum absolute atomic E-state index is 0.116. The van der Waals surface area contributed by atoms with E-state index in [9.17, 15) is 13.2 Å². The number of rotatable bonds is 5. The van der Waals surface area contributed by atoms with Gasteiger partial charge in [0.25, 0.3) is 5.91 Å². The molecule has 2 aromatic rings. The number of carbonyl (C=O) groups is 1. The average Bonchev–Trinajstić information content (AvgIpc) is 2.86. The fourth-order valence-corrected chi connectivity index (χ4v) is 4.92. The van der Waals surface area contributed by atoms with E-state index in [0.717, 1.165) is 31.4 Å². The molecule has 1 aliphatic rings. The van der Waals surface area contributed by atoms with Crippen molar-refractivity contribution in [1.82, 2.24) is 14.1 Å². The molecule has 7 nitrogen and oxygen atoms in total. The van der Waals surface area contributed by atoms with Crippen LogP contribution in [-0.2, 0) is 10.0 Å². The first-order valence-electron chi connectivity index (χ1n) is 9.77. The van der Waals surface area contributed by atoms with Gasteiger partial charge >= 0.3 is 0 Å². The van der Waals surface area contributed by atoms with Crippen LogP contribution in [0.1, 0.15) is 61.6 Å². The lowest BCUT2D eigenvalue weighted by atomic mass is 10.2. The zero-order chi connectivity index (χ0) is 20.3. The third-order valence-corrected chi connectivity index (χ3v) is 6.82. The summed E-state index contributed by atoms with van der Waals surface area (Å²) in [5, 5.41) is 7.24. The van der Waals surface area contributed by atoms with Crippen LogP contribution in [0, 0.1) is 6.92 Å². The van der Waals surface area contributed by atoms with Crippen LogP contribution in [-0.4, -0.2) is 41.5 Å². The number of hydrogen-bond donors (Lipinski definition) is 1. The number of aromatic nitrogens is 2. The Morgan fingerprint density at radius 1 is 1.07 bits per heavy atom. The van der Waals surface area contributed by atoms with Gasteiger partial charge in [-0.3, -0.25) is 4.79 Å². The van der Waals surface area contributed by atoms with E-state index in [2.05, 4.69) is 10.4 Å². The monoisotopic (exact) mass is 404 g/mol. The second-order valence-electron chi connectivity index (χ2n) is 7.51. The summed E-state index contributed by atoms with van der Waals surface area (Å²) in [5.74, 6) is 0.333. The van der Waals surface area contributed by atoms with Crippen LogP contribution in [0.2, 0.25) is 0 Å². The van der Waals surface area contributed by atoms with Gasteiger partial charge in [0.05, 0.1) is 10.6 Å². The quantitative estimate of drug-likeness (QED) is 0.825. The Hall–Kier alpha value is -2.19. The van der Waals surface area contributed by atoms with Gasteiger partial charge in [-0.1, -0.05) is 12.8 Å². The molecule has 0 unspecified atom stereocenters. The van der Waals surface area contributed by atoms with E-state index in [1.807, 2.05) is 26.8 Å². The van der Waals surface area contributed by atoms with Crippen molar-refractivity contribution in [2.24, 2.45) is 0 Å². The Kier molecular flexibility index (Phi) is 6.20. The molecular formula is C20H28N4O3S. The Balaban J connectivity index is 1.76. The van der Waals surface area contributed by atoms with Crippen molar-refractivity contribution in [2.45, 2.75) is 57.4 Å². The molecule has 0 atom stereocenters. The van der Waals surface area contributed by atoms with E-state index in [-0.39, 0.29) is 16.8 Å². The van der Waals surface area contributed by atoms with Crippen LogP contribution < -0.4 is 5.32 Å². The summed E-state index contributed by atoms with van der Waals surface area (Å²) in [5.41, 5.74) is 1.23. The highest BCUT2D eigenvalue weighted by molar-refractivity contribution is 7.89. The molecule has 28 heavy (non-hydrogen) atoms. The van der Waals surface area contributed by atoms with Crippen molar-refractivity contribution in [3.8, 4) is 0 Å². The van der Waals surface area contributed by atoms with Gasteiger partial charge in [-0.25, -0.2) is 13.1 Å². The minimum Gasteiger partial charge on any atom is -0.307 e. The van der Waals surface area contributed by atoms with Gasteiger partial charge in [0, 0.05) is 30.8 Å². The molecule has 1 aromatic carbocycles. The molecule has 1 saturated heterocycles. The molecule has 1 aromatic heterocycles. The first-order chi connectivity index (χ1) is 13.3. The summed E-state index contributed by atoms with van der Waals surface area (Å²) < 4.78 is 29.0. The molecule has 1 aliphatic heterocycles. The third kappa shape index (κ3) is 4.44. The van der Waals surface area contributed by atoms with Crippen LogP contribution in [0.25, 0.3) is 0 Å². The SMILES string of the molecule is Cc1cc(NC(=O)c2ccc(S(=O)(=O)N3CCCCCC3)cc2)n(C(C)C)n1. The number of benzene rings is 1. The number of nitrogens with one attached hydrogen (secondary N) is 1. The third-order valence-electron chi connectivity index (χ3n) is 4.91. The standard InChI is InChI=1S/C20H28N4O3S/c1-15(2)24-19(14-16(3)22-24)21-20(25)17-8-10-18(11-9-17)28(26,27)23-12-6-4-5-7-13-23/h8-11,14-15H,4-7,12-13H2,1-3H3,(H,21,25). The van der Waals surface area contributed by atoms with Gasteiger partial charge in [-0.15, -0.1) is 0 Å². The number of aryl methyl sites for hydroxylation is 1. The van der Waals surface area contributed by atoms with Crippen LogP contribution in [0.5, 0.6) is 0 Å². The molecule has 8 heteroatoms. The number of sulfonamides is 1. The van der Waals surface area contributed by atoms with Crippen LogP contribution in [0.4, 0.5) is 5.82 Å². The molecule has 0 spiro atoms. The Bertz CT molecular complexity index is 925. The first kappa shape index (κ1) is 20.5. The Morgan fingerprint density at radius 2 is 1.68 bits per heavy atom.